The molecule has 0 saturated carbocycles. The molecule has 220 valence electrons. The predicted molar refractivity (Wildman–Crippen MR) is 158 cm³/mol. The van der Waals surface area contributed by atoms with Gasteiger partial charge in [0.05, 0.1) is 30.1 Å². The van der Waals surface area contributed by atoms with E-state index in [2.05, 4.69) is 4.72 Å². The number of benzene rings is 3. The number of carbonyl (C=O) groups is 2. The Bertz CT molecular complexity index is 1420. The first-order valence-electron chi connectivity index (χ1n) is 13.5. The van der Waals surface area contributed by atoms with Gasteiger partial charge in [-0.1, -0.05) is 74.5 Å². The monoisotopic (exact) mass is 582 g/mol. The first-order chi connectivity index (χ1) is 19.3. The van der Waals surface area contributed by atoms with Crippen molar-refractivity contribution in [2.24, 2.45) is 5.92 Å². The first kappa shape index (κ1) is 31.6. The van der Waals surface area contributed by atoms with Gasteiger partial charge in [0.1, 0.15) is 5.75 Å². The van der Waals surface area contributed by atoms with Gasteiger partial charge in [0.25, 0.3) is 5.91 Å². The van der Waals surface area contributed by atoms with Crippen LogP contribution in [-0.2, 0) is 16.4 Å². The summed E-state index contributed by atoms with van der Waals surface area (Å²) in [6.07, 6.45) is -1.81. The molecule has 1 atom stereocenters. The van der Waals surface area contributed by atoms with E-state index in [4.69, 9.17) is 4.74 Å². The van der Waals surface area contributed by atoms with Crippen molar-refractivity contribution < 1.29 is 33.0 Å². The van der Waals surface area contributed by atoms with Gasteiger partial charge >= 0.3 is 6.09 Å². The summed E-state index contributed by atoms with van der Waals surface area (Å²) in [6, 6.07) is 21.5. The second-order valence-corrected chi connectivity index (χ2v) is 12.4. The van der Waals surface area contributed by atoms with E-state index in [1.165, 1.54) is 4.90 Å². The molecular formula is C31H38N2O7S. The van der Waals surface area contributed by atoms with Crippen LogP contribution in [0.5, 0.6) is 5.75 Å². The van der Waals surface area contributed by atoms with E-state index in [0.29, 0.717) is 12.0 Å². The van der Waals surface area contributed by atoms with Crippen LogP contribution in [0.4, 0.5) is 4.79 Å². The summed E-state index contributed by atoms with van der Waals surface area (Å²) in [6.45, 7) is 7.34. The van der Waals surface area contributed by atoms with Gasteiger partial charge in [-0.2, -0.15) is 0 Å². The van der Waals surface area contributed by atoms with Crippen LogP contribution in [0, 0.1) is 5.92 Å². The standard InChI is InChI=1S/C31H38N2O7S/c1-21(2)20-41(38,39)32-30(35)27-15-14-26(18-29(27)40-22(3)4)24-12-10-23(11-13-24)16-17-33(31(36)37)19-28(34)25-8-6-5-7-9-25/h5-15,18,21-22,28,34H,16-17,19-20H2,1-4H3,(H,32,35)(H,36,37)/t28-/m1/s1. The first-order valence-corrected chi connectivity index (χ1v) is 15.2. The number of ether oxygens (including phenoxy) is 1. The normalized spacial score (nSPS) is 12.3. The average Bonchev–Trinajstić information content (AvgIpc) is 2.90. The van der Waals surface area contributed by atoms with E-state index in [1.807, 2.05) is 44.2 Å². The Morgan fingerprint density at radius 1 is 0.927 bits per heavy atom. The van der Waals surface area contributed by atoms with Gasteiger partial charge in [-0.25, -0.2) is 17.9 Å². The number of nitrogens with zero attached hydrogens (tertiary/aromatic N) is 1. The van der Waals surface area contributed by atoms with Gasteiger partial charge in [-0.15, -0.1) is 0 Å². The minimum absolute atomic E-state index is 0.0330. The van der Waals surface area contributed by atoms with Crippen LogP contribution >= 0.6 is 0 Å². The summed E-state index contributed by atoms with van der Waals surface area (Å²) in [4.78, 5) is 25.8. The van der Waals surface area contributed by atoms with E-state index < -0.39 is 28.1 Å². The molecule has 0 saturated heterocycles. The van der Waals surface area contributed by atoms with E-state index >= 15 is 0 Å². The van der Waals surface area contributed by atoms with Crippen molar-refractivity contribution in [3.05, 3.63) is 89.5 Å². The molecule has 0 fully saturated rings. The molecule has 3 aromatic rings. The molecule has 41 heavy (non-hydrogen) atoms. The Kier molecular flexibility index (Phi) is 10.9. The molecule has 0 radical (unpaired) electrons. The van der Waals surface area contributed by atoms with Gasteiger partial charge in [-0.3, -0.25) is 4.79 Å². The smallest absolute Gasteiger partial charge is 0.407 e. The molecule has 3 N–H and O–H groups in total. The minimum Gasteiger partial charge on any atom is -0.490 e. The summed E-state index contributed by atoms with van der Waals surface area (Å²) >= 11 is 0. The van der Waals surface area contributed by atoms with Crippen molar-refractivity contribution in [2.45, 2.75) is 46.3 Å². The average molecular weight is 583 g/mol. The van der Waals surface area contributed by atoms with E-state index in [1.54, 1.807) is 56.3 Å². The van der Waals surface area contributed by atoms with E-state index in [9.17, 15) is 28.2 Å². The van der Waals surface area contributed by atoms with Crippen LogP contribution in [0.1, 0.15) is 55.3 Å². The lowest BCUT2D eigenvalue weighted by molar-refractivity contribution is 0.0970. The molecule has 3 aromatic carbocycles. The van der Waals surface area contributed by atoms with Crippen molar-refractivity contribution in [1.29, 1.82) is 0 Å². The molecule has 9 nitrogen and oxygen atoms in total. The number of aliphatic hydroxyl groups excluding tert-OH is 1. The number of rotatable bonds is 13. The fourth-order valence-electron chi connectivity index (χ4n) is 4.30. The highest BCUT2D eigenvalue weighted by molar-refractivity contribution is 7.90. The van der Waals surface area contributed by atoms with Crippen LogP contribution in [0.25, 0.3) is 11.1 Å². The van der Waals surface area contributed by atoms with E-state index in [0.717, 1.165) is 16.7 Å². The second-order valence-electron chi connectivity index (χ2n) is 10.6. The van der Waals surface area contributed by atoms with Gasteiger partial charge in [0.2, 0.25) is 10.0 Å². The fraction of sp³-hybridized carbons (Fsp3) is 0.355. The molecule has 10 heteroatoms. The Morgan fingerprint density at radius 2 is 1.56 bits per heavy atom. The van der Waals surface area contributed by atoms with Gasteiger partial charge in [0.15, 0.2) is 0 Å². The molecule has 0 unspecified atom stereocenters. The van der Waals surface area contributed by atoms with Crippen LogP contribution in [0.2, 0.25) is 0 Å². The van der Waals surface area contributed by atoms with Crippen LogP contribution in [0.15, 0.2) is 72.8 Å². The molecule has 0 bridgehead atoms. The number of carbonyl (C=O) groups excluding carboxylic acids is 1. The Morgan fingerprint density at radius 3 is 2.15 bits per heavy atom. The predicted octanol–water partition coefficient (Wildman–Crippen LogP) is 5.11. The topological polar surface area (TPSA) is 133 Å². The number of aliphatic hydroxyl groups is 1. The molecule has 0 aliphatic heterocycles. The summed E-state index contributed by atoms with van der Waals surface area (Å²) in [7, 11) is -3.79. The summed E-state index contributed by atoms with van der Waals surface area (Å²) < 4.78 is 32.6. The van der Waals surface area contributed by atoms with Crippen LogP contribution in [0.3, 0.4) is 0 Å². The molecule has 0 aromatic heterocycles. The van der Waals surface area contributed by atoms with Crippen molar-refractivity contribution in [2.75, 3.05) is 18.8 Å². The highest BCUT2D eigenvalue weighted by Crippen LogP contribution is 2.29. The zero-order valence-electron chi connectivity index (χ0n) is 23.8. The van der Waals surface area contributed by atoms with Crippen molar-refractivity contribution in [3.63, 3.8) is 0 Å². The Hall–Kier alpha value is -3.89. The number of carboxylic acid groups (broad SMARTS) is 1. The van der Waals surface area contributed by atoms with Gasteiger partial charge in [0, 0.05) is 6.54 Å². The third kappa shape index (κ3) is 9.61. The third-order valence-corrected chi connectivity index (χ3v) is 7.80. The molecular weight excluding hydrogens is 544 g/mol. The zero-order chi connectivity index (χ0) is 30.2. The Balaban J connectivity index is 1.72. The van der Waals surface area contributed by atoms with Gasteiger partial charge < -0.3 is 19.8 Å². The second kappa shape index (κ2) is 14.1. The third-order valence-electron chi connectivity index (χ3n) is 6.20. The Labute approximate surface area is 241 Å². The molecule has 0 aliphatic rings. The van der Waals surface area contributed by atoms with E-state index in [-0.39, 0.29) is 42.2 Å². The lowest BCUT2D eigenvalue weighted by Gasteiger charge is -2.22. The summed E-state index contributed by atoms with van der Waals surface area (Å²) in [5, 5.41) is 20.1. The van der Waals surface area contributed by atoms with Gasteiger partial charge in [-0.05, 0) is 60.6 Å². The molecule has 0 spiro atoms. The number of amides is 2. The largest absolute Gasteiger partial charge is 0.490 e. The minimum atomic E-state index is -3.79. The zero-order valence-corrected chi connectivity index (χ0v) is 24.6. The van der Waals surface area contributed by atoms with Crippen LogP contribution < -0.4 is 9.46 Å². The highest BCUT2D eigenvalue weighted by atomic mass is 32.2. The lowest BCUT2D eigenvalue weighted by atomic mass is 10.0. The molecule has 0 aliphatic carbocycles. The maximum Gasteiger partial charge on any atom is 0.407 e. The fourth-order valence-corrected chi connectivity index (χ4v) is 5.65. The SMILES string of the molecule is CC(C)CS(=O)(=O)NC(=O)c1ccc(-c2ccc(CCN(C[C@@H](O)c3ccccc3)C(=O)O)cc2)cc1OC(C)C. The number of nitrogens with one attached hydrogen (secondary N) is 1. The van der Waals surface area contributed by atoms with Crippen LogP contribution in [-0.4, -0.2) is 60.5 Å². The summed E-state index contributed by atoms with van der Waals surface area (Å²) in [5.41, 5.74) is 3.31. The quantitative estimate of drug-likeness (QED) is 0.255. The molecule has 0 heterocycles. The molecule has 2 amide bonds. The number of hydrogen-bond acceptors (Lipinski definition) is 6. The number of hydrogen-bond donors (Lipinski definition) is 3. The highest BCUT2D eigenvalue weighted by Gasteiger charge is 2.22. The number of sulfonamides is 1. The van der Waals surface area contributed by atoms with Crippen molar-refractivity contribution in [1.82, 2.24) is 9.62 Å². The maximum atomic E-state index is 12.8. The lowest BCUT2D eigenvalue weighted by Crippen LogP contribution is -2.35. The summed E-state index contributed by atoms with van der Waals surface area (Å²) in [5.74, 6) is -0.775. The van der Waals surface area contributed by atoms with Crippen molar-refractivity contribution in [3.8, 4) is 16.9 Å². The van der Waals surface area contributed by atoms with Crippen molar-refractivity contribution >= 4 is 22.0 Å². The maximum absolute atomic E-state index is 12.8. The molecule has 3 rings (SSSR count).